The Morgan fingerprint density at radius 3 is 2.52 bits per heavy atom. The summed E-state index contributed by atoms with van der Waals surface area (Å²) >= 11 is 0. The van der Waals surface area contributed by atoms with Crippen LogP contribution >= 0.6 is 0 Å². The van der Waals surface area contributed by atoms with E-state index >= 15 is 0 Å². The second-order valence-electron chi connectivity index (χ2n) is 6.16. The lowest BCUT2D eigenvalue weighted by Crippen LogP contribution is -2.36. The third-order valence-corrected chi connectivity index (χ3v) is 3.97. The van der Waals surface area contributed by atoms with E-state index in [1.807, 2.05) is 69.3 Å². The van der Waals surface area contributed by atoms with Gasteiger partial charge in [-0.25, -0.2) is 4.79 Å². The van der Waals surface area contributed by atoms with Gasteiger partial charge in [0.1, 0.15) is 11.9 Å². The molecule has 0 heterocycles. The van der Waals surface area contributed by atoms with E-state index in [2.05, 4.69) is 10.6 Å². The quantitative estimate of drug-likeness (QED) is 0.711. The standard InChI is InChI=1S/C20H26N2O3/c1-14-13-18(25-16(3)17-7-5-4-6-8-17)9-10-19(14)22-20(24)21-15(2)11-12-23/h4-10,13,15-16,23H,11-12H2,1-3H3,(H2,21,22,24)/t15-,16?/m1/s1. The molecule has 25 heavy (non-hydrogen) atoms. The number of aliphatic hydroxyl groups is 1. The minimum Gasteiger partial charge on any atom is -0.486 e. The number of urea groups is 1. The summed E-state index contributed by atoms with van der Waals surface area (Å²) in [4.78, 5) is 12.0. The molecule has 5 heteroatoms. The molecule has 0 fully saturated rings. The molecule has 3 N–H and O–H groups in total. The first-order valence-electron chi connectivity index (χ1n) is 8.50. The third kappa shape index (κ3) is 5.80. The first-order chi connectivity index (χ1) is 12.0. The average molecular weight is 342 g/mol. The molecule has 2 amide bonds. The van der Waals surface area contributed by atoms with Crippen LogP contribution in [0, 0.1) is 6.92 Å². The fourth-order valence-corrected chi connectivity index (χ4v) is 2.49. The molecule has 2 aromatic rings. The highest BCUT2D eigenvalue weighted by atomic mass is 16.5. The highest BCUT2D eigenvalue weighted by molar-refractivity contribution is 5.90. The minimum atomic E-state index is -0.282. The van der Waals surface area contributed by atoms with Crippen LogP contribution in [0.15, 0.2) is 48.5 Å². The second-order valence-corrected chi connectivity index (χ2v) is 6.16. The molecular formula is C20H26N2O3. The summed E-state index contributed by atoms with van der Waals surface area (Å²) < 4.78 is 5.98. The van der Waals surface area contributed by atoms with Crippen LogP contribution in [-0.2, 0) is 0 Å². The number of anilines is 1. The van der Waals surface area contributed by atoms with Crippen LogP contribution < -0.4 is 15.4 Å². The van der Waals surface area contributed by atoms with E-state index in [0.29, 0.717) is 6.42 Å². The summed E-state index contributed by atoms with van der Waals surface area (Å²) in [6.07, 6.45) is 0.471. The number of aryl methyl sites for hydroxylation is 1. The number of carbonyl (C=O) groups excluding carboxylic acids is 1. The van der Waals surface area contributed by atoms with Crippen molar-refractivity contribution in [2.75, 3.05) is 11.9 Å². The maximum absolute atomic E-state index is 12.0. The monoisotopic (exact) mass is 342 g/mol. The molecule has 134 valence electrons. The summed E-state index contributed by atoms with van der Waals surface area (Å²) in [5.41, 5.74) is 2.76. The predicted octanol–water partition coefficient (Wildman–Crippen LogP) is 4.03. The van der Waals surface area contributed by atoms with Crippen LogP contribution in [0.2, 0.25) is 0 Å². The zero-order valence-corrected chi connectivity index (χ0v) is 15.0. The lowest BCUT2D eigenvalue weighted by molar-refractivity contribution is 0.227. The fourth-order valence-electron chi connectivity index (χ4n) is 2.49. The summed E-state index contributed by atoms with van der Waals surface area (Å²) in [6, 6.07) is 15.2. The SMILES string of the molecule is Cc1cc(OC(C)c2ccccc2)ccc1NC(=O)N[C@H](C)CCO. The van der Waals surface area contributed by atoms with Gasteiger partial charge in [-0.1, -0.05) is 30.3 Å². The van der Waals surface area contributed by atoms with Gasteiger partial charge >= 0.3 is 6.03 Å². The van der Waals surface area contributed by atoms with E-state index in [1.165, 1.54) is 0 Å². The van der Waals surface area contributed by atoms with E-state index in [0.717, 1.165) is 22.6 Å². The molecule has 2 atom stereocenters. The summed E-state index contributed by atoms with van der Waals surface area (Å²) in [7, 11) is 0. The second kappa shape index (κ2) is 9.08. The largest absolute Gasteiger partial charge is 0.486 e. The highest BCUT2D eigenvalue weighted by Gasteiger charge is 2.11. The predicted molar refractivity (Wildman–Crippen MR) is 100.0 cm³/mol. The van der Waals surface area contributed by atoms with Gasteiger partial charge in [-0.3, -0.25) is 0 Å². The molecule has 0 spiro atoms. The van der Waals surface area contributed by atoms with E-state index < -0.39 is 0 Å². The van der Waals surface area contributed by atoms with Crippen molar-refractivity contribution in [1.82, 2.24) is 5.32 Å². The van der Waals surface area contributed by atoms with E-state index in [1.54, 1.807) is 0 Å². The topological polar surface area (TPSA) is 70.6 Å². The maximum atomic E-state index is 12.0. The molecule has 5 nitrogen and oxygen atoms in total. The molecule has 0 saturated carbocycles. The van der Waals surface area contributed by atoms with Crippen LogP contribution in [0.25, 0.3) is 0 Å². The molecule has 2 rings (SSSR count). The molecule has 0 aliphatic heterocycles. The number of rotatable bonds is 7. The Hall–Kier alpha value is -2.53. The van der Waals surface area contributed by atoms with Gasteiger partial charge in [-0.15, -0.1) is 0 Å². The van der Waals surface area contributed by atoms with Crippen LogP contribution in [0.1, 0.15) is 37.5 Å². The number of hydrogen-bond acceptors (Lipinski definition) is 3. The van der Waals surface area contributed by atoms with Crippen molar-refractivity contribution in [2.45, 2.75) is 39.3 Å². The molecule has 0 saturated heterocycles. The van der Waals surface area contributed by atoms with Crippen molar-refractivity contribution < 1.29 is 14.6 Å². The first-order valence-corrected chi connectivity index (χ1v) is 8.50. The van der Waals surface area contributed by atoms with Gasteiger partial charge in [0.15, 0.2) is 0 Å². The first kappa shape index (κ1) is 18.8. The zero-order valence-electron chi connectivity index (χ0n) is 15.0. The average Bonchev–Trinajstić information content (AvgIpc) is 2.58. The van der Waals surface area contributed by atoms with E-state index in [9.17, 15) is 4.79 Å². The van der Waals surface area contributed by atoms with Gasteiger partial charge in [0.2, 0.25) is 0 Å². The number of hydrogen-bond donors (Lipinski definition) is 3. The Morgan fingerprint density at radius 1 is 1.16 bits per heavy atom. The van der Waals surface area contributed by atoms with Gasteiger partial charge in [-0.05, 0) is 56.5 Å². The molecule has 0 bridgehead atoms. The smallest absolute Gasteiger partial charge is 0.319 e. The van der Waals surface area contributed by atoms with Crippen molar-refractivity contribution >= 4 is 11.7 Å². The Balaban J connectivity index is 1.97. The number of aliphatic hydroxyl groups excluding tert-OH is 1. The van der Waals surface area contributed by atoms with Crippen LogP contribution in [0.5, 0.6) is 5.75 Å². The van der Waals surface area contributed by atoms with Crippen LogP contribution in [-0.4, -0.2) is 23.8 Å². The van der Waals surface area contributed by atoms with E-state index in [-0.39, 0.29) is 24.8 Å². The van der Waals surface area contributed by atoms with Gasteiger partial charge in [-0.2, -0.15) is 0 Å². The summed E-state index contributed by atoms with van der Waals surface area (Å²) in [6.45, 7) is 5.83. The number of benzene rings is 2. The maximum Gasteiger partial charge on any atom is 0.319 e. The normalized spacial score (nSPS) is 13.0. The van der Waals surface area contributed by atoms with Crippen molar-refractivity contribution in [3.8, 4) is 5.75 Å². The van der Waals surface area contributed by atoms with Crippen LogP contribution in [0.3, 0.4) is 0 Å². The van der Waals surface area contributed by atoms with Gasteiger partial charge in [0.25, 0.3) is 0 Å². The van der Waals surface area contributed by atoms with Gasteiger partial charge in [0, 0.05) is 18.3 Å². The molecule has 0 aromatic heterocycles. The Labute approximate surface area is 149 Å². The van der Waals surface area contributed by atoms with E-state index in [4.69, 9.17) is 9.84 Å². The lowest BCUT2D eigenvalue weighted by atomic mass is 10.1. The van der Waals surface area contributed by atoms with Crippen molar-refractivity contribution in [1.29, 1.82) is 0 Å². The Bertz CT molecular complexity index is 689. The summed E-state index contributed by atoms with van der Waals surface area (Å²) in [5.74, 6) is 0.758. The molecule has 2 aromatic carbocycles. The lowest BCUT2D eigenvalue weighted by Gasteiger charge is -2.17. The zero-order chi connectivity index (χ0) is 18.2. The van der Waals surface area contributed by atoms with Gasteiger partial charge in [0.05, 0.1) is 0 Å². The van der Waals surface area contributed by atoms with Gasteiger partial charge < -0.3 is 20.5 Å². The number of carbonyl (C=O) groups is 1. The number of ether oxygens (including phenoxy) is 1. The summed E-state index contributed by atoms with van der Waals surface area (Å²) in [5, 5.41) is 14.5. The molecule has 0 radical (unpaired) electrons. The molecule has 0 aliphatic carbocycles. The Kier molecular flexibility index (Phi) is 6.83. The fraction of sp³-hybridized carbons (Fsp3) is 0.350. The third-order valence-electron chi connectivity index (χ3n) is 3.97. The highest BCUT2D eigenvalue weighted by Crippen LogP contribution is 2.26. The van der Waals surface area contributed by atoms with Crippen molar-refractivity contribution in [3.05, 3.63) is 59.7 Å². The Morgan fingerprint density at radius 2 is 1.88 bits per heavy atom. The number of nitrogens with one attached hydrogen (secondary N) is 2. The minimum absolute atomic E-state index is 0.0477. The van der Waals surface area contributed by atoms with Crippen molar-refractivity contribution in [3.63, 3.8) is 0 Å². The van der Waals surface area contributed by atoms with Crippen LogP contribution in [0.4, 0.5) is 10.5 Å². The molecular weight excluding hydrogens is 316 g/mol. The molecule has 1 unspecified atom stereocenters. The van der Waals surface area contributed by atoms with Crippen molar-refractivity contribution in [2.24, 2.45) is 0 Å². The molecule has 0 aliphatic rings. The number of amides is 2.